The molecular formula is C26H25ClN4OS. The van der Waals surface area contributed by atoms with Crippen molar-refractivity contribution in [2.24, 2.45) is 0 Å². The number of hydrogen-bond acceptors (Lipinski definition) is 4. The molecule has 0 spiro atoms. The Morgan fingerprint density at radius 3 is 2.21 bits per heavy atom. The number of nitrogens with zero attached hydrogens (tertiary/aromatic N) is 3. The highest BCUT2D eigenvalue weighted by Crippen LogP contribution is 2.21. The van der Waals surface area contributed by atoms with Gasteiger partial charge in [0.25, 0.3) is 0 Å². The third-order valence-corrected chi connectivity index (χ3v) is 6.38. The van der Waals surface area contributed by atoms with Crippen LogP contribution in [0.2, 0.25) is 5.02 Å². The van der Waals surface area contributed by atoms with Gasteiger partial charge in [-0.2, -0.15) is 0 Å². The maximum absolute atomic E-state index is 12.4. The van der Waals surface area contributed by atoms with Crippen LogP contribution in [0.4, 0.5) is 0 Å². The molecule has 0 aliphatic heterocycles. The molecule has 1 aromatic heterocycles. The summed E-state index contributed by atoms with van der Waals surface area (Å²) in [5.41, 5.74) is 3.47. The van der Waals surface area contributed by atoms with E-state index in [1.807, 2.05) is 60.7 Å². The SMILES string of the molecule is O=C(CSc1nnc(Cc2ccccc2)n1Cc1ccc(Cl)cc1)NCCc1ccccc1. The van der Waals surface area contributed by atoms with Gasteiger partial charge in [-0.05, 0) is 35.2 Å². The number of carbonyl (C=O) groups excluding carboxylic acids is 1. The molecule has 0 unspecified atom stereocenters. The molecule has 5 nitrogen and oxygen atoms in total. The van der Waals surface area contributed by atoms with Gasteiger partial charge in [0.2, 0.25) is 5.91 Å². The van der Waals surface area contributed by atoms with Crippen molar-refractivity contribution >= 4 is 29.3 Å². The summed E-state index contributed by atoms with van der Waals surface area (Å²) < 4.78 is 2.08. The number of rotatable bonds is 10. The first-order valence-corrected chi connectivity index (χ1v) is 12.2. The third kappa shape index (κ3) is 6.94. The molecule has 0 saturated heterocycles. The topological polar surface area (TPSA) is 59.8 Å². The van der Waals surface area contributed by atoms with E-state index in [0.717, 1.165) is 28.5 Å². The van der Waals surface area contributed by atoms with Gasteiger partial charge in [-0.25, -0.2) is 0 Å². The highest BCUT2D eigenvalue weighted by Gasteiger charge is 2.15. The first-order valence-electron chi connectivity index (χ1n) is 10.8. The molecule has 33 heavy (non-hydrogen) atoms. The van der Waals surface area contributed by atoms with Gasteiger partial charge in [0.05, 0.1) is 12.3 Å². The van der Waals surface area contributed by atoms with E-state index in [1.165, 1.54) is 17.3 Å². The van der Waals surface area contributed by atoms with E-state index in [9.17, 15) is 4.79 Å². The minimum Gasteiger partial charge on any atom is -0.355 e. The van der Waals surface area contributed by atoms with E-state index in [0.29, 0.717) is 30.3 Å². The maximum Gasteiger partial charge on any atom is 0.230 e. The molecular weight excluding hydrogens is 452 g/mol. The van der Waals surface area contributed by atoms with Crippen molar-refractivity contribution in [1.29, 1.82) is 0 Å². The zero-order valence-electron chi connectivity index (χ0n) is 18.2. The molecule has 4 rings (SSSR count). The molecule has 0 atom stereocenters. The third-order valence-electron chi connectivity index (χ3n) is 5.16. The fourth-order valence-electron chi connectivity index (χ4n) is 3.44. The molecule has 0 bridgehead atoms. The van der Waals surface area contributed by atoms with Crippen molar-refractivity contribution in [2.45, 2.75) is 24.5 Å². The van der Waals surface area contributed by atoms with Crippen molar-refractivity contribution in [3.05, 3.63) is 112 Å². The second kappa shape index (κ2) is 11.7. The standard InChI is InChI=1S/C26H25ClN4OS/c27-23-13-11-22(12-14-23)18-31-24(17-21-9-5-2-6-10-21)29-30-26(31)33-19-25(32)28-16-15-20-7-3-1-4-8-20/h1-14H,15-19H2,(H,28,32). The number of halogens is 1. The summed E-state index contributed by atoms with van der Waals surface area (Å²) in [7, 11) is 0. The van der Waals surface area contributed by atoms with Crippen molar-refractivity contribution < 1.29 is 4.79 Å². The summed E-state index contributed by atoms with van der Waals surface area (Å²) in [6.07, 6.45) is 1.48. The van der Waals surface area contributed by atoms with Gasteiger partial charge in [-0.1, -0.05) is 96.2 Å². The van der Waals surface area contributed by atoms with Gasteiger partial charge in [0.1, 0.15) is 5.82 Å². The average Bonchev–Trinajstić information content (AvgIpc) is 3.21. The van der Waals surface area contributed by atoms with Crippen LogP contribution in [0.25, 0.3) is 0 Å². The predicted octanol–water partition coefficient (Wildman–Crippen LogP) is 5.02. The minimum atomic E-state index is -0.0124. The molecule has 3 aromatic carbocycles. The minimum absolute atomic E-state index is 0.0124. The van der Waals surface area contributed by atoms with Crippen molar-refractivity contribution in [3.8, 4) is 0 Å². The van der Waals surface area contributed by atoms with Crippen LogP contribution in [0.5, 0.6) is 0 Å². The summed E-state index contributed by atoms with van der Waals surface area (Å²) >= 11 is 7.46. The quantitative estimate of drug-likeness (QED) is 0.326. The number of aromatic nitrogens is 3. The Bertz CT molecular complexity index is 1160. The second-order valence-corrected chi connectivity index (χ2v) is 9.03. The summed E-state index contributed by atoms with van der Waals surface area (Å²) in [5.74, 6) is 1.14. The lowest BCUT2D eigenvalue weighted by atomic mass is 10.1. The van der Waals surface area contributed by atoms with Crippen LogP contribution in [-0.4, -0.2) is 33.0 Å². The second-order valence-electron chi connectivity index (χ2n) is 7.65. The number of carbonyl (C=O) groups is 1. The molecule has 1 N–H and O–H groups in total. The molecule has 0 radical (unpaired) electrons. The molecule has 0 aliphatic rings. The number of thioether (sulfide) groups is 1. The zero-order valence-corrected chi connectivity index (χ0v) is 19.7. The van der Waals surface area contributed by atoms with Crippen LogP contribution in [0.15, 0.2) is 90.1 Å². The van der Waals surface area contributed by atoms with Crippen LogP contribution >= 0.6 is 23.4 Å². The molecule has 1 amide bonds. The molecule has 7 heteroatoms. The van der Waals surface area contributed by atoms with Gasteiger partial charge in [0.15, 0.2) is 5.16 Å². The first kappa shape index (κ1) is 23.1. The van der Waals surface area contributed by atoms with Crippen LogP contribution in [0.3, 0.4) is 0 Å². The Morgan fingerprint density at radius 2 is 1.52 bits per heavy atom. The van der Waals surface area contributed by atoms with Gasteiger partial charge < -0.3 is 9.88 Å². The van der Waals surface area contributed by atoms with Crippen molar-refractivity contribution in [2.75, 3.05) is 12.3 Å². The van der Waals surface area contributed by atoms with Gasteiger partial charge >= 0.3 is 0 Å². The molecule has 0 aliphatic carbocycles. The fraction of sp³-hybridized carbons (Fsp3) is 0.192. The van der Waals surface area contributed by atoms with Crippen LogP contribution in [0.1, 0.15) is 22.5 Å². The first-order chi connectivity index (χ1) is 16.2. The Balaban J connectivity index is 1.41. The molecule has 0 fully saturated rings. The normalized spacial score (nSPS) is 10.8. The lowest BCUT2D eigenvalue weighted by Gasteiger charge is -2.11. The number of hydrogen-bond donors (Lipinski definition) is 1. The fourth-order valence-corrected chi connectivity index (χ4v) is 4.35. The summed E-state index contributed by atoms with van der Waals surface area (Å²) in [6.45, 7) is 1.23. The average molecular weight is 477 g/mol. The monoisotopic (exact) mass is 476 g/mol. The predicted molar refractivity (Wildman–Crippen MR) is 134 cm³/mol. The summed E-state index contributed by atoms with van der Waals surface area (Å²) in [5, 5.41) is 13.3. The van der Waals surface area contributed by atoms with E-state index in [-0.39, 0.29) is 5.91 Å². The largest absolute Gasteiger partial charge is 0.355 e. The number of benzene rings is 3. The smallest absolute Gasteiger partial charge is 0.230 e. The van der Waals surface area contributed by atoms with E-state index in [4.69, 9.17) is 11.6 Å². The summed E-state index contributed by atoms with van der Waals surface area (Å²) in [4.78, 5) is 12.4. The molecule has 168 valence electrons. The Morgan fingerprint density at radius 1 is 0.848 bits per heavy atom. The van der Waals surface area contributed by atoms with Crippen LogP contribution < -0.4 is 5.32 Å². The van der Waals surface area contributed by atoms with E-state index in [2.05, 4.69) is 44.3 Å². The van der Waals surface area contributed by atoms with Crippen LogP contribution in [-0.2, 0) is 24.2 Å². The highest BCUT2D eigenvalue weighted by atomic mass is 35.5. The van der Waals surface area contributed by atoms with Gasteiger partial charge in [-0.15, -0.1) is 10.2 Å². The van der Waals surface area contributed by atoms with Crippen molar-refractivity contribution in [3.63, 3.8) is 0 Å². The Kier molecular flexibility index (Phi) is 8.17. The maximum atomic E-state index is 12.4. The number of amides is 1. The number of nitrogens with one attached hydrogen (secondary N) is 1. The van der Waals surface area contributed by atoms with Crippen LogP contribution in [0, 0.1) is 0 Å². The molecule has 4 aromatic rings. The van der Waals surface area contributed by atoms with Crippen molar-refractivity contribution in [1.82, 2.24) is 20.1 Å². The van der Waals surface area contributed by atoms with Gasteiger partial charge in [-0.3, -0.25) is 4.79 Å². The van der Waals surface area contributed by atoms with E-state index < -0.39 is 0 Å². The lowest BCUT2D eigenvalue weighted by Crippen LogP contribution is -2.27. The van der Waals surface area contributed by atoms with E-state index in [1.54, 1.807) is 0 Å². The van der Waals surface area contributed by atoms with E-state index >= 15 is 0 Å². The molecule has 1 heterocycles. The zero-order chi connectivity index (χ0) is 22.9. The summed E-state index contributed by atoms with van der Waals surface area (Å²) in [6, 6.07) is 28.1. The Labute approximate surface area is 203 Å². The lowest BCUT2D eigenvalue weighted by molar-refractivity contribution is -0.118. The Hall–Kier alpha value is -3.09. The van der Waals surface area contributed by atoms with Gasteiger partial charge in [0, 0.05) is 18.0 Å². The molecule has 0 saturated carbocycles. The highest BCUT2D eigenvalue weighted by molar-refractivity contribution is 7.99.